The van der Waals surface area contributed by atoms with E-state index in [0.717, 1.165) is 11.1 Å². The first-order chi connectivity index (χ1) is 17.6. The summed E-state index contributed by atoms with van der Waals surface area (Å²) in [5.74, 6) is -6.34. The van der Waals surface area contributed by atoms with Crippen LogP contribution in [0.4, 0.5) is 23.2 Å². The van der Waals surface area contributed by atoms with E-state index >= 15 is 0 Å². The Morgan fingerprint density at radius 2 is 1.81 bits per heavy atom. The number of carbonyl (C=O) groups excluding carboxylic acids is 2. The Balaban J connectivity index is 1.50. The van der Waals surface area contributed by atoms with Crippen LogP contribution in [0.15, 0.2) is 72.9 Å². The van der Waals surface area contributed by atoms with Gasteiger partial charge in [-0.2, -0.15) is 13.9 Å². The third-order valence-corrected chi connectivity index (χ3v) is 6.37. The molecular weight excluding hydrogens is 488 g/mol. The van der Waals surface area contributed by atoms with Gasteiger partial charge in [0.15, 0.2) is 0 Å². The number of alkyl halides is 2. The molecule has 1 saturated heterocycles. The fraction of sp³-hybridized carbons (Fsp3) is 0.222. The van der Waals surface area contributed by atoms with Crippen molar-refractivity contribution in [2.75, 3.05) is 4.90 Å². The maximum atomic E-state index is 13.6. The van der Waals surface area contributed by atoms with Crippen LogP contribution >= 0.6 is 0 Å². The quantitative estimate of drug-likeness (QED) is 0.372. The summed E-state index contributed by atoms with van der Waals surface area (Å²) in [6.45, 7) is 0.819. The average molecular weight is 510 g/mol. The van der Waals surface area contributed by atoms with Crippen molar-refractivity contribution in [2.45, 2.75) is 37.9 Å². The van der Waals surface area contributed by atoms with Crippen LogP contribution in [0.3, 0.4) is 0 Å². The third-order valence-electron chi connectivity index (χ3n) is 6.37. The van der Waals surface area contributed by atoms with Crippen LogP contribution in [-0.4, -0.2) is 33.6 Å². The van der Waals surface area contributed by atoms with Crippen molar-refractivity contribution < 1.29 is 27.2 Å². The number of hydrogen-bond donors (Lipinski definition) is 1. The first-order valence-corrected chi connectivity index (χ1v) is 11.6. The van der Waals surface area contributed by atoms with Crippen LogP contribution in [-0.2, 0) is 16.1 Å². The number of hydrogen-bond acceptors (Lipinski definition) is 3. The van der Waals surface area contributed by atoms with Crippen molar-refractivity contribution in [1.82, 2.24) is 15.1 Å². The molecule has 0 saturated carbocycles. The minimum absolute atomic E-state index is 0.208. The SMILES string of the molecule is CC(F)(F)C(=O)NC1CC(=O)N(c2ccc3c(cnn3Cc3cccc(F)c3)c2)[C@@H]1c1ccc(F)cc1. The number of amides is 2. The van der Waals surface area contributed by atoms with E-state index in [1.165, 1.54) is 41.3 Å². The lowest BCUT2D eigenvalue weighted by molar-refractivity contribution is -0.143. The van der Waals surface area contributed by atoms with Gasteiger partial charge in [-0.05, 0) is 53.6 Å². The van der Waals surface area contributed by atoms with E-state index < -0.39 is 29.7 Å². The molecule has 2 heterocycles. The Hall–Kier alpha value is -4.21. The minimum Gasteiger partial charge on any atom is -0.345 e. The van der Waals surface area contributed by atoms with Crippen LogP contribution in [0.25, 0.3) is 10.9 Å². The Morgan fingerprint density at radius 1 is 1.05 bits per heavy atom. The molecule has 0 radical (unpaired) electrons. The van der Waals surface area contributed by atoms with E-state index in [2.05, 4.69) is 10.4 Å². The molecule has 1 unspecified atom stereocenters. The van der Waals surface area contributed by atoms with Gasteiger partial charge in [-0.1, -0.05) is 24.3 Å². The van der Waals surface area contributed by atoms with Gasteiger partial charge in [0.25, 0.3) is 5.91 Å². The zero-order chi connectivity index (χ0) is 26.3. The summed E-state index contributed by atoms with van der Waals surface area (Å²) in [5.41, 5.74) is 2.43. The standard InChI is InChI=1S/C27H22F4N4O2/c1-27(30,31)26(37)33-22-13-24(36)35(25(22)17-5-7-19(28)8-6-17)21-9-10-23-18(12-21)14-32-34(23)15-16-3-2-4-20(29)11-16/h2-12,14,22,25H,13,15H2,1H3,(H,33,37)/t22?,25-/m1/s1. The van der Waals surface area contributed by atoms with Crippen molar-refractivity contribution in [3.05, 3.63) is 95.7 Å². The minimum atomic E-state index is -3.63. The highest BCUT2D eigenvalue weighted by molar-refractivity contribution is 6.00. The number of anilines is 1. The van der Waals surface area contributed by atoms with Crippen LogP contribution in [0.5, 0.6) is 0 Å². The van der Waals surface area contributed by atoms with Crippen molar-refractivity contribution in [3.8, 4) is 0 Å². The molecule has 1 aromatic heterocycles. The summed E-state index contributed by atoms with van der Waals surface area (Å²) in [7, 11) is 0. The maximum Gasteiger partial charge on any atom is 0.321 e. The van der Waals surface area contributed by atoms with E-state index in [-0.39, 0.29) is 18.1 Å². The normalized spacial score (nSPS) is 18.0. The molecule has 10 heteroatoms. The number of nitrogens with one attached hydrogen (secondary N) is 1. The molecule has 0 spiro atoms. The van der Waals surface area contributed by atoms with E-state index in [0.29, 0.717) is 30.1 Å². The molecule has 6 nitrogen and oxygen atoms in total. The van der Waals surface area contributed by atoms with Gasteiger partial charge in [0.05, 0.1) is 30.3 Å². The molecule has 1 aliphatic rings. The van der Waals surface area contributed by atoms with Crippen molar-refractivity contribution in [1.29, 1.82) is 0 Å². The number of carbonyl (C=O) groups is 2. The predicted molar refractivity (Wildman–Crippen MR) is 129 cm³/mol. The summed E-state index contributed by atoms with van der Waals surface area (Å²) >= 11 is 0. The molecule has 1 fully saturated rings. The second-order valence-electron chi connectivity index (χ2n) is 9.11. The van der Waals surface area contributed by atoms with Gasteiger partial charge >= 0.3 is 5.92 Å². The molecule has 2 atom stereocenters. The number of halogens is 4. The molecular formula is C27H22F4N4O2. The number of benzene rings is 3. The van der Waals surface area contributed by atoms with Gasteiger partial charge in [0, 0.05) is 24.4 Å². The molecule has 4 aromatic rings. The summed E-state index contributed by atoms with van der Waals surface area (Å²) < 4.78 is 56.2. The third kappa shape index (κ3) is 4.91. The second-order valence-corrected chi connectivity index (χ2v) is 9.11. The largest absolute Gasteiger partial charge is 0.345 e. The molecule has 1 aliphatic heterocycles. The highest BCUT2D eigenvalue weighted by Gasteiger charge is 2.45. The molecule has 37 heavy (non-hydrogen) atoms. The summed E-state index contributed by atoms with van der Waals surface area (Å²) in [4.78, 5) is 26.6. The molecule has 3 aromatic carbocycles. The number of nitrogens with zero attached hydrogens (tertiary/aromatic N) is 3. The number of aromatic nitrogens is 2. The van der Waals surface area contributed by atoms with E-state index in [1.54, 1.807) is 41.2 Å². The van der Waals surface area contributed by atoms with Gasteiger partial charge in [-0.15, -0.1) is 0 Å². The van der Waals surface area contributed by atoms with Gasteiger partial charge in [-0.3, -0.25) is 14.3 Å². The fourth-order valence-corrected chi connectivity index (χ4v) is 4.66. The number of rotatable bonds is 6. The van der Waals surface area contributed by atoms with E-state index in [1.807, 2.05) is 0 Å². The zero-order valence-corrected chi connectivity index (χ0v) is 19.7. The van der Waals surface area contributed by atoms with Crippen LogP contribution in [0, 0.1) is 11.6 Å². The smallest absolute Gasteiger partial charge is 0.321 e. The fourth-order valence-electron chi connectivity index (χ4n) is 4.66. The van der Waals surface area contributed by atoms with Gasteiger partial charge < -0.3 is 10.2 Å². The van der Waals surface area contributed by atoms with E-state index in [4.69, 9.17) is 0 Å². The molecule has 1 N–H and O–H groups in total. The molecule has 0 bridgehead atoms. The van der Waals surface area contributed by atoms with Crippen LogP contribution in [0.1, 0.15) is 30.5 Å². The molecule has 2 amide bonds. The maximum absolute atomic E-state index is 13.6. The predicted octanol–water partition coefficient (Wildman–Crippen LogP) is 4.98. The highest BCUT2D eigenvalue weighted by Crippen LogP contribution is 2.39. The summed E-state index contributed by atoms with van der Waals surface area (Å²) in [6.07, 6.45) is 1.41. The van der Waals surface area contributed by atoms with Gasteiger partial charge in [0.2, 0.25) is 5.91 Å². The second kappa shape index (κ2) is 9.34. The monoisotopic (exact) mass is 510 g/mol. The average Bonchev–Trinajstić information content (AvgIpc) is 3.38. The number of fused-ring (bicyclic) bond motifs is 1. The Morgan fingerprint density at radius 3 is 2.51 bits per heavy atom. The Kier molecular flexibility index (Phi) is 6.18. The Labute approximate surface area is 209 Å². The first kappa shape index (κ1) is 24.5. The highest BCUT2D eigenvalue weighted by atomic mass is 19.3. The van der Waals surface area contributed by atoms with Gasteiger partial charge in [-0.25, -0.2) is 8.78 Å². The van der Waals surface area contributed by atoms with Crippen molar-refractivity contribution >= 4 is 28.4 Å². The summed E-state index contributed by atoms with van der Waals surface area (Å²) in [5, 5.41) is 7.38. The van der Waals surface area contributed by atoms with Crippen LogP contribution in [0.2, 0.25) is 0 Å². The topological polar surface area (TPSA) is 67.2 Å². The van der Waals surface area contributed by atoms with Crippen LogP contribution < -0.4 is 10.2 Å². The van der Waals surface area contributed by atoms with Crippen molar-refractivity contribution in [3.63, 3.8) is 0 Å². The lowest BCUT2D eigenvalue weighted by Gasteiger charge is -2.29. The molecule has 5 rings (SSSR count). The first-order valence-electron chi connectivity index (χ1n) is 11.6. The Bertz CT molecular complexity index is 1480. The molecule has 190 valence electrons. The molecule has 0 aliphatic carbocycles. The lowest BCUT2D eigenvalue weighted by atomic mass is 9.99. The van der Waals surface area contributed by atoms with Gasteiger partial charge in [0.1, 0.15) is 11.6 Å². The lowest BCUT2D eigenvalue weighted by Crippen LogP contribution is -2.46. The van der Waals surface area contributed by atoms with Crippen molar-refractivity contribution in [2.24, 2.45) is 0 Å². The zero-order valence-electron chi connectivity index (χ0n) is 19.7. The van der Waals surface area contributed by atoms with E-state index in [9.17, 15) is 27.2 Å². The summed E-state index contributed by atoms with van der Waals surface area (Å²) in [6, 6.07) is 14.9.